The van der Waals surface area contributed by atoms with E-state index in [0.717, 1.165) is 16.7 Å². The molecule has 0 bridgehead atoms. The quantitative estimate of drug-likeness (QED) is 0.367. The number of esters is 1. The fourth-order valence-corrected chi connectivity index (χ4v) is 4.07. The zero-order valence-electron chi connectivity index (χ0n) is 17.1. The average molecular weight is 510 g/mol. The molecule has 2 aromatic rings. The van der Waals surface area contributed by atoms with Crippen LogP contribution in [0.4, 0.5) is 4.79 Å². The van der Waals surface area contributed by atoms with Gasteiger partial charge in [0.15, 0.2) is 11.5 Å². The first kappa shape index (κ1) is 23.0. The molecule has 0 aliphatic carbocycles. The Labute approximate surface area is 191 Å². The first-order valence-corrected chi connectivity index (χ1v) is 11.0. The van der Waals surface area contributed by atoms with Gasteiger partial charge in [-0.05, 0) is 61.5 Å². The van der Waals surface area contributed by atoms with Crippen molar-refractivity contribution in [1.29, 1.82) is 0 Å². The second kappa shape index (κ2) is 10.1. The van der Waals surface area contributed by atoms with Gasteiger partial charge in [-0.1, -0.05) is 15.9 Å². The molecule has 1 aromatic carbocycles. The van der Waals surface area contributed by atoms with Gasteiger partial charge in [0.05, 0.1) is 31.8 Å². The molecular weight excluding hydrogens is 490 g/mol. The molecule has 3 rings (SSSR count). The molecule has 1 fully saturated rings. The van der Waals surface area contributed by atoms with Gasteiger partial charge in [-0.25, -0.2) is 4.79 Å². The van der Waals surface area contributed by atoms with Gasteiger partial charge in [0.25, 0.3) is 11.1 Å². The minimum atomic E-state index is -0.634. The van der Waals surface area contributed by atoms with Gasteiger partial charge in [0.1, 0.15) is 5.76 Å². The van der Waals surface area contributed by atoms with Crippen LogP contribution in [-0.2, 0) is 16.1 Å². The molecular formula is C21H20BrNO7S. The summed E-state index contributed by atoms with van der Waals surface area (Å²) in [6.45, 7) is 4.58. The number of furan rings is 1. The highest BCUT2D eigenvalue weighted by Gasteiger charge is 2.36. The lowest BCUT2D eigenvalue weighted by molar-refractivity contribution is -0.123. The van der Waals surface area contributed by atoms with Crippen molar-refractivity contribution in [3.63, 3.8) is 0 Å². The molecule has 0 spiro atoms. The molecule has 0 N–H and O–H groups in total. The summed E-state index contributed by atoms with van der Waals surface area (Å²) in [6.07, 6.45) is 1.62. The van der Waals surface area contributed by atoms with E-state index in [-0.39, 0.29) is 17.2 Å². The van der Waals surface area contributed by atoms with E-state index in [9.17, 15) is 14.4 Å². The van der Waals surface area contributed by atoms with Crippen molar-refractivity contribution in [2.75, 3.05) is 20.3 Å². The Balaban J connectivity index is 1.83. The van der Waals surface area contributed by atoms with E-state index in [4.69, 9.17) is 13.9 Å². The van der Waals surface area contributed by atoms with Gasteiger partial charge in [-0.2, -0.15) is 0 Å². The van der Waals surface area contributed by atoms with Crippen molar-refractivity contribution >= 4 is 50.9 Å². The number of imide groups is 1. The lowest BCUT2D eigenvalue weighted by atomic mass is 10.1. The van der Waals surface area contributed by atoms with Crippen LogP contribution in [0.5, 0.6) is 11.5 Å². The monoisotopic (exact) mass is 509 g/mol. The molecule has 1 aliphatic rings. The van der Waals surface area contributed by atoms with Crippen molar-refractivity contribution in [2.24, 2.45) is 0 Å². The second-order valence-electron chi connectivity index (χ2n) is 6.21. The summed E-state index contributed by atoms with van der Waals surface area (Å²) in [6, 6.07) is 6.47. The van der Waals surface area contributed by atoms with E-state index < -0.39 is 17.1 Å². The summed E-state index contributed by atoms with van der Waals surface area (Å²) in [5.41, 5.74) is 0.670. The first-order chi connectivity index (χ1) is 14.9. The standard InChI is InChI=1S/C21H20BrNO7S/c1-4-28-16-8-12(14(22)10-17(16)29-5-2)9-18-19(24)23(21(26)31-18)11-13-6-7-15(30-13)20(25)27-3/h6-10H,4-5,11H2,1-3H3/b18-9+. The SMILES string of the molecule is CCOc1cc(Br)c(/C=C2/SC(=O)N(Cc3ccc(C(=O)OC)o3)C2=O)cc1OCC. The van der Waals surface area contributed by atoms with Gasteiger partial charge in [0.2, 0.25) is 5.76 Å². The number of methoxy groups -OCH3 is 1. The molecule has 1 aliphatic heterocycles. The number of hydrogen-bond donors (Lipinski definition) is 0. The van der Waals surface area contributed by atoms with Crippen molar-refractivity contribution < 1.29 is 33.0 Å². The maximum atomic E-state index is 12.8. The van der Waals surface area contributed by atoms with E-state index in [1.54, 1.807) is 18.2 Å². The summed E-state index contributed by atoms with van der Waals surface area (Å²) in [7, 11) is 1.24. The molecule has 1 saturated heterocycles. The van der Waals surface area contributed by atoms with Crippen LogP contribution in [0.25, 0.3) is 6.08 Å². The van der Waals surface area contributed by atoms with Crippen LogP contribution in [0.1, 0.15) is 35.7 Å². The number of halogens is 1. The predicted molar refractivity (Wildman–Crippen MR) is 118 cm³/mol. The Hall–Kier alpha value is -2.72. The lowest BCUT2D eigenvalue weighted by Crippen LogP contribution is -2.27. The maximum Gasteiger partial charge on any atom is 0.373 e. The highest BCUT2D eigenvalue weighted by Crippen LogP contribution is 2.38. The van der Waals surface area contributed by atoms with E-state index in [0.29, 0.717) is 40.5 Å². The molecule has 2 heterocycles. The second-order valence-corrected chi connectivity index (χ2v) is 8.06. The third kappa shape index (κ3) is 5.13. The Morgan fingerprint density at radius 1 is 1.16 bits per heavy atom. The number of carbonyl (C=O) groups is 3. The molecule has 10 heteroatoms. The van der Waals surface area contributed by atoms with E-state index in [2.05, 4.69) is 20.7 Å². The topological polar surface area (TPSA) is 95.3 Å². The Kier molecular flexibility index (Phi) is 7.45. The van der Waals surface area contributed by atoms with Gasteiger partial charge in [-0.15, -0.1) is 0 Å². The lowest BCUT2D eigenvalue weighted by Gasteiger charge is -2.13. The van der Waals surface area contributed by atoms with E-state index >= 15 is 0 Å². The van der Waals surface area contributed by atoms with Crippen molar-refractivity contribution in [3.05, 3.63) is 50.7 Å². The number of amides is 2. The number of thioether (sulfide) groups is 1. The van der Waals surface area contributed by atoms with Gasteiger partial charge < -0.3 is 18.6 Å². The molecule has 164 valence electrons. The third-order valence-electron chi connectivity index (χ3n) is 4.19. The minimum Gasteiger partial charge on any atom is -0.490 e. The summed E-state index contributed by atoms with van der Waals surface area (Å²) < 4.78 is 21.9. The number of benzene rings is 1. The molecule has 0 unspecified atom stereocenters. The normalized spacial score (nSPS) is 15.0. The largest absolute Gasteiger partial charge is 0.490 e. The van der Waals surface area contributed by atoms with Crippen LogP contribution in [0.3, 0.4) is 0 Å². The molecule has 31 heavy (non-hydrogen) atoms. The molecule has 1 aromatic heterocycles. The van der Waals surface area contributed by atoms with Crippen LogP contribution in [0.2, 0.25) is 0 Å². The Morgan fingerprint density at radius 2 is 1.84 bits per heavy atom. The maximum absolute atomic E-state index is 12.8. The van der Waals surface area contributed by atoms with Gasteiger partial charge >= 0.3 is 5.97 Å². The number of carbonyl (C=O) groups excluding carboxylic acids is 3. The number of rotatable bonds is 8. The zero-order chi connectivity index (χ0) is 22.5. The molecule has 0 radical (unpaired) electrons. The summed E-state index contributed by atoms with van der Waals surface area (Å²) in [5, 5.41) is -0.431. The van der Waals surface area contributed by atoms with Crippen LogP contribution in [0, 0.1) is 0 Å². The van der Waals surface area contributed by atoms with Crippen LogP contribution in [-0.4, -0.2) is 42.3 Å². The van der Waals surface area contributed by atoms with Crippen LogP contribution in [0.15, 0.2) is 38.1 Å². The highest BCUT2D eigenvalue weighted by atomic mass is 79.9. The first-order valence-electron chi connectivity index (χ1n) is 9.39. The number of nitrogens with zero attached hydrogens (tertiary/aromatic N) is 1. The van der Waals surface area contributed by atoms with E-state index in [1.165, 1.54) is 19.2 Å². The van der Waals surface area contributed by atoms with Crippen molar-refractivity contribution in [3.8, 4) is 11.5 Å². The molecule has 2 amide bonds. The van der Waals surface area contributed by atoms with E-state index in [1.807, 2.05) is 13.8 Å². The predicted octanol–water partition coefficient (Wildman–Crippen LogP) is 4.86. The molecule has 0 atom stereocenters. The van der Waals surface area contributed by atoms with Gasteiger partial charge in [-0.3, -0.25) is 14.5 Å². The highest BCUT2D eigenvalue weighted by molar-refractivity contribution is 9.10. The Morgan fingerprint density at radius 3 is 2.48 bits per heavy atom. The fourth-order valence-electron chi connectivity index (χ4n) is 2.80. The average Bonchev–Trinajstić information content (AvgIpc) is 3.31. The summed E-state index contributed by atoms with van der Waals surface area (Å²) >= 11 is 4.31. The number of hydrogen-bond acceptors (Lipinski definition) is 8. The number of ether oxygens (including phenoxy) is 3. The smallest absolute Gasteiger partial charge is 0.373 e. The summed E-state index contributed by atoms with van der Waals surface area (Å²) in [5.74, 6) is 0.340. The fraction of sp³-hybridized carbons (Fsp3) is 0.286. The van der Waals surface area contributed by atoms with Gasteiger partial charge in [0, 0.05) is 4.47 Å². The molecule has 8 nitrogen and oxygen atoms in total. The Bertz CT molecular complexity index is 1050. The van der Waals surface area contributed by atoms with Crippen LogP contribution >= 0.6 is 27.7 Å². The van der Waals surface area contributed by atoms with Crippen molar-refractivity contribution in [1.82, 2.24) is 4.90 Å². The molecule has 0 saturated carbocycles. The van der Waals surface area contributed by atoms with Crippen molar-refractivity contribution in [2.45, 2.75) is 20.4 Å². The minimum absolute atomic E-state index is 0.00165. The summed E-state index contributed by atoms with van der Waals surface area (Å²) in [4.78, 5) is 38.1. The zero-order valence-corrected chi connectivity index (χ0v) is 19.5. The third-order valence-corrected chi connectivity index (χ3v) is 5.78. The van der Waals surface area contributed by atoms with Crippen LogP contribution < -0.4 is 9.47 Å².